The summed E-state index contributed by atoms with van der Waals surface area (Å²) in [5.41, 5.74) is -1.93. The highest BCUT2D eigenvalue weighted by Gasteiger charge is 2.62. The van der Waals surface area contributed by atoms with Crippen LogP contribution in [0.3, 0.4) is 0 Å². The molecule has 2 aliphatic rings. The third-order valence-corrected chi connectivity index (χ3v) is 9.32. The van der Waals surface area contributed by atoms with Gasteiger partial charge in [0, 0.05) is 24.8 Å². The number of alkyl halides is 3. The number of nitrogens with one attached hydrogen (secondary N) is 2. The first-order chi connectivity index (χ1) is 20.1. The van der Waals surface area contributed by atoms with Gasteiger partial charge in [-0.1, -0.05) is 17.7 Å². The molecule has 4 heterocycles. The van der Waals surface area contributed by atoms with E-state index in [2.05, 4.69) is 34.2 Å². The Hall–Kier alpha value is -3.43. The van der Waals surface area contributed by atoms with Crippen LogP contribution in [-0.4, -0.2) is 65.6 Å². The second-order valence-corrected chi connectivity index (χ2v) is 13.4. The zero-order valence-electron chi connectivity index (χ0n) is 23.7. The highest BCUT2D eigenvalue weighted by atomic mass is 35.5. The first-order valence-corrected chi connectivity index (χ1v) is 15.4. The van der Waals surface area contributed by atoms with Crippen LogP contribution in [0.1, 0.15) is 56.3 Å². The van der Waals surface area contributed by atoms with Gasteiger partial charge in [0.05, 0.1) is 23.8 Å². The number of aromatic nitrogens is 4. The van der Waals surface area contributed by atoms with Crippen molar-refractivity contribution in [2.45, 2.75) is 68.9 Å². The number of carbonyl (C=O) groups is 1. The number of nitrogens with zero attached hydrogens (tertiary/aromatic N) is 5. The molecule has 0 radical (unpaired) electrons. The number of hydrogen-bond acceptors (Lipinski definition) is 9. The average molecular weight is 642 g/mol. The molecule has 2 fully saturated rings. The van der Waals surface area contributed by atoms with E-state index < -0.39 is 27.5 Å². The Morgan fingerprint density at radius 3 is 2.56 bits per heavy atom. The number of rotatable bonds is 10. The molecule has 232 valence electrons. The van der Waals surface area contributed by atoms with E-state index in [1.807, 2.05) is 16.7 Å². The summed E-state index contributed by atoms with van der Waals surface area (Å²) in [5, 5.41) is 6.99. The van der Waals surface area contributed by atoms with Gasteiger partial charge in [0.15, 0.2) is 10.8 Å². The predicted octanol–water partition coefficient (Wildman–Crippen LogP) is 4.47. The minimum atomic E-state index is -4.36. The molecular weight excluding hydrogens is 611 g/mol. The molecule has 0 bridgehead atoms. The third-order valence-electron chi connectivity index (χ3n) is 7.80. The maximum Gasteiger partial charge on any atom is 0.394 e. The Morgan fingerprint density at radius 2 is 1.93 bits per heavy atom. The lowest BCUT2D eigenvalue weighted by molar-refractivity contribution is -0.190. The maximum absolute atomic E-state index is 13.1. The molecule has 0 spiro atoms. The van der Waals surface area contributed by atoms with Crippen molar-refractivity contribution in [1.82, 2.24) is 29.8 Å². The summed E-state index contributed by atoms with van der Waals surface area (Å²) in [5.74, 6) is -0.317. The Labute approximate surface area is 251 Å². The fourth-order valence-electron chi connectivity index (χ4n) is 4.93. The molecule has 1 amide bonds. The molecule has 3 aromatic rings. The lowest BCUT2D eigenvalue weighted by atomic mass is 10.0. The van der Waals surface area contributed by atoms with E-state index in [1.54, 1.807) is 12.1 Å². The molecule has 16 heteroatoms. The Kier molecular flexibility index (Phi) is 8.11. The molecule has 1 atom stereocenters. The first kappa shape index (κ1) is 31.0. The SMILES string of the molecule is CN(c1cccc(S(=O)(=O)NC(=O)c2ccc(-n3ccc(OCCC4(C(F)(F)F)CC4)n3)nc2Cl)n1)C1CCC(C)(C)N1. The summed E-state index contributed by atoms with van der Waals surface area (Å²) < 4.78 is 74.0. The molecule has 11 nitrogen and oxygen atoms in total. The molecular formula is C27H31ClF3N7O4S. The minimum absolute atomic E-state index is 0.0277. The van der Waals surface area contributed by atoms with Crippen molar-refractivity contribution in [3.8, 4) is 11.7 Å². The quantitative estimate of drug-likeness (QED) is 0.308. The summed E-state index contributed by atoms with van der Waals surface area (Å²) >= 11 is 6.23. The zero-order chi connectivity index (χ0) is 31.2. The van der Waals surface area contributed by atoms with Crippen LogP contribution in [0.4, 0.5) is 19.0 Å². The van der Waals surface area contributed by atoms with Crippen LogP contribution < -0.4 is 19.7 Å². The van der Waals surface area contributed by atoms with E-state index in [0.717, 1.165) is 12.8 Å². The molecule has 1 aliphatic heterocycles. The Bertz CT molecular complexity index is 1630. The highest BCUT2D eigenvalue weighted by molar-refractivity contribution is 7.90. The van der Waals surface area contributed by atoms with Crippen LogP contribution in [0.25, 0.3) is 5.82 Å². The van der Waals surface area contributed by atoms with E-state index in [9.17, 15) is 26.4 Å². The van der Waals surface area contributed by atoms with E-state index in [-0.39, 0.29) is 65.0 Å². The third kappa shape index (κ3) is 6.73. The van der Waals surface area contributed by atoms with Gasteiger partial charge in [-0.3, -0.25) is 10.1 Å². The monoisotopic (exact) mass is 641 g/mol. The number of hydrogen-bond donors (Lipinski definition) is 2. The number of ether oxygens (including phenoxy) is 1. The fraction of sp³-hybridized carbons (Fsp3) is 0.481. The normalized spacial score (nSPS) is 19.2. The van der Waals surface area contributed by atoms with Crippen molar-refractivity contribution >= 4 is 33.3 Å². The summed E-state index contributed by atoms with van der Waals surface area (Å²) in [7, 11) is -2.54. The molecule has 43 heavy (non-hydrogen) atoms. The molecule has 2 N–H and O–H groups in total. The first-order valence-electron chi connectivity index (χ1n) is 13.6. The van der Waals surface area contributed by atoms with Crippen molar-refractivity contribution in [3.05, 3.63) is 53.3 Å². The summed E-state index contributed by atoms with van der Waals surface area (Å²) in [4.78, 5) is 23.1. The van der Waals surface area contributed by atoms with Crippen LogP contribution in [0.5, 0.6) is 5.88 Å². The number of anilines is 1. The van der Waals surface area contributed by atoms with Gasteiger partial charge in [-0.25, -0.2) is 19.4 Å². The summed E-state index contributed by atoms with van der Waals surface area (Å²) in [6.45, 7) is 4.03. The van der Waals surface area contributed by atoms with Gasteiger partial charge < -0.3 is 9.64 Å². The Balaban J connectivity index is 1.22. The molecule has 1 unspecified atom stereocenters. The molecule has 1 saturated carbocycles. The fourth-order valence-corrected chi connectivity index (χ4v) is 6.10. The summed E-state index contributed by atoms with van der Waals surface area (Å²) in [6.07, 6.45) is -0.991. The lowest BCUT2D eigenvalue weighted by Gasteiger charge is -2.28. The minimum Gasteiger partial charge on any atom is -0.477 e. The number of carbonyl (C=O) groups excluding carboxylic acids is 1. The average Bonchev–Trinajstić information content (AvgIpc) is 3.44. The van der Waals surface area contributed by atoms with Gasteiger partial charge in [0.2, 0.25) is 5.88 Å². The van der Waals surface area contributed by atoms with Crippen LogP contribution in [0.2, 0.25) is 5.15 Å². The lowest BCUT2D eigenvalue weighted by Crippen LogP contribution is -2.46. The topological polar surface area (TPSA) is 131 Å². The van der Waals surface area contributed by atoms with Crippen molar-refractivity contribution in [2.75, 3.05) is 18.6 Å². The van der Waals surface area contributed by atoms with Crippen LogP contribution in [0.15, 0.2) is 47.6 Å². The molecule has 0 aromatic carbocycles. The molecule has 1 saturated heterocycles. The number of halogens is 4. The van der Waals surface area contributed by atoms with Crippen molar-refractivity contribution < 1.29 is 31.1 Å². The van der Waals surface area contributed by atoms with Crippen molar-refractivity contribution in [1.29, 1.82) is 0 Å². The van der Waals surface area contributed by atoms with Gasteiger partial charge in [0.1, 0.15) is 11.0 Å². The van der Waals surface area contributed by atoms with Gasteiger partial charge in [0.25, 0.3) is 15.9 Å². The van der Waals surface area contributed by atoms with Gasteiger partial charge >= 0.3 is 6.18 Å². The number of amides is 1. The smallest absolute Gasteiger partial charge is 0.394 e. The van der Waals surface area contributed by atoms with Crippen LogP contribution in [-0.2, 0) is 10.0 Å². The molecule has 3 aromatic heterocycles. The maximum atomic E-state index is 13.1. The molecule has 1 aliphatic carbocycles. The van der Waals surface area contributed by atoms with Crippen LogP contribution in [0, 0.1) is 5.41 Å². The zero-order valence-corrected chi connectivity index (χ0v) is 25.2. The van der Waals surface area contributed by atoms with Gasteiger partial charge in [-0.2, -0.15) is 21.6 Å². The van der Waals surface area contributed by atoms with Crippen LogP contribution >= 0.6 is 11.6 Å². The summed E-state index contributed by atoms with van der Waals surface area (Å²) in [6, 6.07) is 8.64. The second kappa shape index (κ2) is 11.2. The predicted molar refractivity (Wildman–Crippen MR) is 152 cm³/mol. The van der Waals surface area contributed by atoms with E-state index in [4.69, 9.17) is 16.3 Å². The Morgan fingerprint density at radius 1 is 1.19 bits per heavy atom. The van der Waals surface area contributed by atoms with Gasteiger partial charge in [-0.15, -0.1) is 5.10 Å². The van der Waals surface area contributed by atoms with E-state index in [0.29, 0.717) is 5.82 Å². The van der Waals surface area contributed by atoms with Crippen molar-refractivity contribution in [3.63, 3.8) is 0 Å². The standard InChI is InChI=1S/C27H31ClF3N7O4S/c1-25(2)11-9-20(34-25)37(3)18-5-4-6-22(32-18)43(40,41)36-24(39)17-7-8-19(33-23(17)28)38-15-10-21(35-38)42-16-14-26(12-13-26)27(29,30)31/h4-8,10,15,20,34H,9,11-14,16H2,1-3H3,(H,36,39). The largest absolute Gasteiger partial charge is 0.477 e. The van der Waals surface area contributed by atoms with E-state index >= 15 is 0 Å². The number of pyridine rings is 2. The van der Waals surface area contributed by atoms with Crippen molar-refractivity contribution in [2.24, 2.45) is 5.41 Å². The second-order valence-electron chi connectivity index (χ2n) is 11.4. The highest BCUT2D eigenvalue weighted by Crippen LogP contribution is 2.59. The van der Waals surface area contributed by atoms with E-state index in [1.165, 1.54) is 35.1 Å². The molecule has 5 rings (SSSR count). The number of sulfonamides is 1. The van der Waals surface area contributed by atoms with Gasteiger partial charge in [-0.05, 0) is 70.2 Å².